The van der Waals surface area contributed by atoms with Crippen molar-refractivity contribution >= 4 is 29.6 Å². The predicted molar refractivity (Wildman–Crippen MR) is 103 cm³/mol. The van der Waals surface area contributed by atoms with Crippen molar-refractivity contribution in [3.63, 3.8) is 0 Å². The molecule has 1 aliphatic heterocycles. The van der Waals surface area contributed by atoms with E-state index < -0.39 is 16.9 Å². The molecule has 9 nitrogen and oxygen atoms in total. The fourth-order valence-electron chi connectivity index (χ4n) is 2.54. The molecule has 0 spiro atoms. The van der Waals surface area contributed by atoms with E-state index in [0.717, 1.165) is 0 Å². The second-order valence-corrected chi connectivity index (χ2v) is 5.87. The van der Waals surface area contributed by atoms with Gasteiger partial charge in [-0.2, -0.15) is 0 Å². The third-order valence-corrected chi connectivity index (χ3v) is 3.77. The first-order chi connectivity index (χ1) is 13.9. The zero-order valence-electron chi connectivity index (χ0n) is 15.6. The molecule has 1 heterocycles. The first-order valence-corrected chi connectivity index (χ1v) is 8.60. The molecule has 3 rings (SSSR count). The summed E-state index contributed by atoms with van der Waals surface area (Å²) < 4.78 is 15.7. The van der Waals surface area contributed by atoms with Gasteiger partial charge in [-0.1, -0.05) is 6.07 Å². The fourth-order valence-corrected chi connectivity index (χ4v) is 2.54. The maximum Gasteiger partial charge on any atom is 0.363 e. The van der Waals surface area contributed by atoms with Gasteiger partial charge in [0.2, 0.25) is 5.90 Å². The van der Waals surface area contributed by atoms with Crippen LogP contribution in [0.2, 0.25) is 0 Å². The molecule has 0 saturated heterocycles. The molecular weight excluding hydrogens is 380 g/mol. The van der Waals surface area contributed by atoms with E-state index >= 15 is 0 Å². The summed E-state index contributed by atoms with van der Waals surface area (Å²) in [5, 5.41) is 10.7. The standard InChI is InChI=1S/C20H16N2O7/c1-3-27-18-11-13(4-9-17(18)28-12(2)23)10-16-20(24)29-19(21-16)14-5-7-15(8-6-14)22(25)26/h4-11H,3H2,1-2H3. The summed E-state index contributed by atoms with van der Waals surface area (Å²) in [7, 11) is 0. The Morgan fingerprint density at radius 1 is 1.21 bits per heavy atom. The molecule has 148 valence electrons. The smallest absolute Gasteiger partial charge is 0.363 e. The van der Waals surface area contributed by atoms with Crippen LogP contribution in [0.25, 0.3) is 6.08 Å². The van der Waals surface area contributed by atoms with Gasteiger partial charge in [-0.05, 0) is 42.8 Å². The summed E-state index contributed by atoms with van der Waals surface area (Å²) in [5.41, 5.74) is 1.00. The third-order valence-electron chi connectivity index (χ3n) is 3.77. The molecule has 0 saturated carbocycles. The van der Waals surface area contributed by atoms with Gasteiger partial charge >= 0.3 is 11.9 Å². The lowest BCUT2D eigenvalue weighted by Gasteiger charge is -2.10. The minimum atomic E-state index is -0.652. The van der Waals surface area contributed by atoms with Crippen LogP contribution >= 0.6 is 0 Å². The number of nitro benzene ring substituents is 1. The maximum absolute atomic E-state index is 12.1. The Bertz CT molecular complexity index is 1040. The Balaban J connectivity index is 1.89. The highest BCUT2D eigenvalue weighted by Gasteiger charge is 2.24. The van der Waals surface area contributed by atoms with E-state index in [0.29, 0.717) is 23.5 Å². The van der Waals surface area contributed by atoms with Gasteiger partial charge < -0.3 is 14.2 Å². The summed E-state index contributed by atoms with van der Waals surface area (Å²) in [5.74, 6) is -0.458. The molecule has 0 amide bonds. The van der Waals surface area contributed by atoms with Gasteiger partial charge in [0.15, 0.2) is 17.2 Å². The number of nitrogens with zero attached hydrogens (tertiary/aromatic N) is 2. The first kappa shape index (κ1) is 19.7. The van der Waals surface area contributed by atoms with Crippen molar-refractivity contribution in [2.24, 2.45) is 4.99 Å². The molecule has 0 unspecified atom stereocenters. The summed E-state index contributed by atoms with van der Waals surface area (Å²) in [6.07, 6.45) is 1.50. The molecular formula is C20H16N2O7. The Labute approximate surface area is 165 Å². The molecule has 29 heavy (non-hydrogen) atoms. The number of ether oxygens (including phenoxy) is 3. The van der Waals surface area contributed by atoms with E-state index in [1.54, 1.807) is 25.1 Å². The lowest BCUT2D eigenvalue weighted by molar-refractivity contribution is -0.384. The van der Waals surface area contributed by atoms with Crippen LogP contribution in [-0.2, 0) is 14.3 Å². The Hall–Kier alpha value is -4.01. The number of hydrogen-bond donors (Lipinski definition) is 0. The SMILES string of the molecule is CCOc1cc(C=C2N=C(c3ccc([N+](=O)[O-])cc3)OC2=O)ccc1OC(C)=O. The first-order valence-electron chi connectivity index (χ1n) is 8.60. The van der Waals surface area contributed by atoms with Crippen molar-refractivity contribution in [1.82, 2.24) is 0 Å². The van der Waals surface area contributed by atoms with E-state index in [1.165, 1.54) is 37.3 Å². The van der Waals surface area contributed by atoms with Crippen LogP contribution < -0.4 is 9.47 Å². The molecule has 0 N–H and O–H groups in total. The van der Waals surface area contributed by atoms with Crippen LogP contribution in [0.15, 0.2) is 53.2 Å². The number of cyclic esters (lactones) is 1. The van der Waals surface area contributed by atoms with Crippen molar-refractivity contribution in [1.29, 1.82) is 0 Å². The number of carbonyl (C=O) groups excluding carboxylic acids is 2. The van der Waals surface area contributed by atoms with Crippen molar-refractivity contribution in [2.45, 2.75) is 13.8 Å². The fraction of sp³-hybridized carbons (Fsp3) is 0.150. The number of benzene rings is 2. The second kappa shape index (κ2) is 8.34. The molecule has 0 atom stereocenters. The van der Waals surface area contributed by atoms with Crippen LogP contribution in [0.1, 0.15) is 25.0 Å². The van der Waals surface area contributed by atoms with E-state index in [2.05, 4.69) is 4.99 Å². The van der Waals surface area contributed by atoms with Crippen molar-refractivity contribution < 1.29 is 28.7 Å². The van der Waals surface area contributed by atoms with E-state index in [4.69, 9.17) is 14.2 Å². The van der Waals surface area contributed by atoms with Gasteiger partial charge in [0.05, 0.1) is 11.5 Å². The van der Waals surface area contributed by atoms with Crippen molar-refractivity contribution in [3.8, 4) is 11.5 Å². The van der Waals surface area contributed by atoms with Crippen LogP contribution in [0, 0.1) is 10.1 Å². The topological polar surface area (TPSA) is 117 Å². The third kappa shape index (κ3) is 4.64. The van der Waals surface area contributed by atoms with Gasteiger partial charge in [0, 0.05) is 24.6 Å². The minimum absolute atomic E-state index is 0.0534. The summed E-state index contributed by atoms with van der Waals surface area (Å²) in [6.45, 7) is 3.44. The molecule has 0 radical (unpaired) electrons. The largest absolute Gasteiger partial charge is 0.490 e. The van der Waals surface area contributed by atoms with E-state index in [9.17, 15) is 19.7 Å². The van der Waals surface area contributed by atoms with E-state index in [-0.39, 0.29) is 23.0 Å². The highest BCUT2D eigenvalue weighted by molar-refractivity contribution is 6.12. The summed E-state index contributed by atoms with van der Waals surface area (Å²) >= 11 is 0. The van der Waals surface area contributed by atoms with Gasteiger partial charge in [-0.3, -0.25) is 14.9 Å². The minimum Gasteiger partial charge on any atom is -0.490 e. The van der Waals surface area contributed by atoms with Crippen LogP contribution in [0.5, 0.6) is 11.5 Å². The number of hydrogen-bond acceptors (Lipinski definition) is 8. The molecule has 2 aromatic rings. The van der Waals surface area contributed by atoms with Gasteiger partial charge in [-0.25, -0.2) is 9.79 Å². The number of nitro groups is 1. The van der Waals surface area contributed by atoms with Crippen LogP contribution in [-0.4, -0.2) is 29.4 Å². The van der Waals surface area contributed by atoms with Crippen LogP contribution in [0.4, 0.5) is 5.69 Å². The molecule has 0 aromatic heterocycles. The number of carbonyl (C=O) groups is 2. The quantitative estimate of drug-likeness (QED) is 0.242. The second-order valence-electron chi connectivity index (χ2n) is 5.87. The number of non-ortho nitro benzene ring substituents is 1. The highest BCUT2D eigenvalue weighted by atomic mass is 16.6. The number of esters is 2. The monoisotopic (exact) mass is 396 g/mol. The summed E-state index contributed by atoms with van der Waals surface area (Å²) in [6, 6.07) is 10.3. The Morgan fingerprint density at radius 3 is 2.55 bits per heavy atom. The molecule has 9 heteroatoms. The molecule has 1 aliphatic rings. The number of rotatable bonds is 6. The lowest BCUT2D eigenvalue weighted by Crippen LogP contribution is -2.05. The average molecular weight is 396 g/mol. The lowest BCUT2D eigenvalue weighted by atomic mass is 10.1. The van der Waals surface area contributed by atoms with Crippen molar-refractivity contribution in [2.75, 3.05) is 6.61 Å². The maximum atomic E-state index is 12.1. The molecule has 0 bridgehead atoms. The Kier molecular flexibility index (Phi) is 5.68. The zero-order valence-corrected chi connectivity index (χ0v) is 15.6. The predicted octanol–water partition coefficient (Wildman–Crippen LogP) is 3.26. The normalized spacial score (nSPS) is 14.3. The zero-order chi connectivity index (χ0) is 21.0. The van der Waals surface area contributed by atoms with Gasteiger partial charge in [0.1, 0.15) is 0 Å². The van der Waals surface area contributed by atoms with Crippen molar-refractivity contribution in [3.05, 3.63) is 69.4 Å². The molecule has 0 aliphatic carbocycles. The number of aliphatic imine (C=N–C) groups is 1. The summed E-state index contributed by atoms with van der Waals surface area (Å²) in [4.78, 5) is 37.7. The van der Waals surface area contributed by atoms with Gasteiger partial charge in [-0.15, -0.1) is 0 Å². The van der Waals surface area contributed by atoms with E-state index in [1.807, 2.05) is 0 Å². The molecule has 2 aromatic carbocycles. The average Bonchev–Trinajstić information content (AvgIpc) is 3.04. The van der Waals surface area contributed by atoms with Crippen LogP contribution in [0.3, 0.4) is 0 Å². The highest BCUT2D eigenvalue weighted by Crippen LogP contribution is 2.30. The Morgan fingerprint density at radius 2 is 1.93 bits per heavy atom. The molecule has 0 fully saturated rings. The van der Waals surface area contributed by atoms with Gasteiger partial charge in [0.25, 0.3) is 5.69 Å².